The average Bonchev–Trinajstić information content (AvgIpc) is 3.30. The van der Waals surface area contributed by atoms with Crippen LogP contribution >= 0.6 is 0 Å². The minimum absolute atomic E-state index is 0.0342. The van der Waals surface area contributed by atoms with Crippen molar-refractivity contribution in [1.29, 1.82) is 0 Å². The summed E-state index contributed by atoms with van der Waals surface area (Å²) in [7, 11) is 2.42. The summed E-state index contributed by atoms with van der Waals surface area (Å²) in [6, 6.07) is 10.3. The summed E-state index contributed by atoms with van der Waals surface area (Å²) in [5.41, 5.74) is 13.0. The number of carboxylic acids is 2. The van der Waals surface area contributed by atoms with Crippen LogP contribution in [0.25, 0.3) is 0 Å². The first kappa shape index (κ1) is 48.5. The Morgan fingerprint density at radius 3 is 1.35 bits per heavy atom. The van der Waals surface area contributed by atoms with Gasteiger partial charge in [-0.3, -0.25) is 38.7 Å². The number of nitrogens with one attached hydrogen (secondary N) is 10. The van der Waals surface area contributed by atoms with Crippen molar-refractivity contribution in [2.75, 3.05) is 83.8 Å². The molecule has 26 nitrogen and oxygen atoms in total. The zero-order valence-corrected chi connectivity index (χ0v) is 35.6. The quantitative estimate of drug-likeness (QED) is 0.0565. The average molecular weight is 919 g/mol. The van der Waals surface area contributed by atoms with Gasteiger partial charge in [0.15, 0.2) is 11.6 Å². The van der Waals surface area contributed by atoms with Crippen LogP contribution in [0.2, 0.25) is 0 Å². The normalized spacial score (nSPS) is 15.2. The number of H-pyrrole nitrogens is 2. The number of esters is 2. The summed E-state index contributed by atoms with van der Waals surface area (Å²) in [6.07, 6.45) is -0.408. The number of aromatic amines is 2. The fraction of sp³-hybridized carbons (Fsp3) is 0.350. The first-order valence-electron chi connectivity index (χ1n) is 20.2. The molecule has 6 rings (SSSR count). The maximum Gasteiger partial charge on any atom is 0.326 e. The molecule has 2 amide bonds. The molecule has 0 saturated carbocycles. The van der Waals surface area contributed by atoms with Crippen LogP contribution in [0.3, 0.4) is 0 Å². The number of fused-ring (bicyclic) bond motifs is 2. The highest BCUT2D eigenvalue weighted by Crippen LogP contribution is 2.22. The van der Waals surface area contributed by atoms with E-state index < -0.39 is 47.8 Å². The van der Waals surface area contributed by atoms with Gasteiger partial charge in [-0.2, -0.15) is 9.97 Å². The smallest absolute Gasteiger partial charge is 0.326 e. The number of nitrogens with zero attached hydrogens (tertiary/aromatic N) is 2. The van der Waals surface area contributed by atoms with E-state index in [1.54, 1.807) is 48.5 Å². The Bertz CT molecular complexity index is 2340. The molecule has 2 aromatic heterocycles. The number of benzene rings is 2. The number of hydrogen-bond donors (Lipinski definition) is 14. The predicted molar refractivity (Wildman–Crippen MR) is 240 cm³/mol. The van der Waals surface area contributed by atoms with Crippen molar-refractivity contribution in [2.45, 2.75) is 49.9 Å². The molecule has 0 saturated heterocycles. The molecule has 66 heavy (non-hydrogen) atoms. The van der Waals surface area contributed by atoms with Gasteiger partial charge in [0.1, 0.15) is 23.5 Å². The van der Waals surface area contributed by atoms with Gasteiger partial charge in [0.2, 0.25) is 11.9 Å². The lowest BCUT2D eigenvalue weighted by molar-refractivity contribution is -0.144. The molecule has 0 fully saturated rings. The molecule has 4 aromatic rings. The number of aliphatic carboxylic acids is 2. The number of aromatic nitrogens is 4. The van der Waals surface area contributed by atoms with Gasteiger partial charge in [-0.15, -0.1) is 0 Å². The van der Waals surface area contributed by atoms with Crippen LogP contribution in [-0.2, 0) is 28.7 Å². The number of nitrogens with two attached hydrogens (primary N) is 2. The Balaban J connectivity index is 0.000000247. The second kappa shape index (κ2) is 22.7. The number of methoxy groups -OCH3 is 2. The number of nitrogen functional groups attached to an aromatic ring is 2. The fourth-order valence-electron chi connectivity index (χ4n) is 6.39. The number of anilines is 8. The maximum atomic E-state index is 12.4. The molecule has 2 aliphatic heterocycles. The lowest BCUT2D eigenvalue weighted by Gasteiger charge is -2.27. The molecule has 16 N–H and O–H groups in total. The van der Waals surface area contributed by atoms with E-state index in [4.69, 9.17) is 11.5 Å². The van der Waals surface area contributed by atoms with Crippen LogP contribution in [0.1, 0.15) is 46.4 Å². The van der Waals surface area contributed by atoms with E-state index in [9.17, 15) is 48.6 Å². The van der Waals surface area contributed by atoms with E-state index in [0.29, 0.717) is 49.2 Å². The molecule has 0 radical (unpaired) electrons. The van der Waals surface area contributed by atoms with E-state index in [2.05, 4.69) is 71.9 Å². The number of amides is 2. The molecule has 4 atom stereocenters. The Morgan fingerprint density at radius 1 is 0.652 bits per heavy atom. The fourth-order valence-corrected chi connectivity index (χ4v) is 6.39. The van der Waals surface area contributed by atoms with Crippen LogP contribution in [0.4, 0.5) is 46.3 Å². The zero-order chi connectivity index (χ0) is 47.9. The Hall–Kier alpha value is -8.58. The summed E-state index contributed by atoms with van der Waals surface area (Å²) in [6.45, 7) is 1.96. The SMILES string of the molecule is COC(=O)CC[C@H](NC(=O)c1ccc(NCC2CNc3nc(N)[nH]c(=O)c3N2)cc1)C(=O)O.COC(=O)CC[C@H](NC(=O)c1ccc(NCC2CNc3nc(N)[nH]c(=O)c3N2)cc1)C(=O)O. The topological polar surface area (TPSA) is 401 Å². The van der Waals surface area contributed by atoms with Crippen molar-refractivity contribution in [3.63, 3.8) is 0 Å². The van der Waals surface area contributed by atoms with Crippen molar-refractivity contribution in [3.8, 4) is 0 Å². The van der Waals surface area contributed by atoms with Gasteiger partial charge in [-0.25, -0.2) is 9.59 Å². The van der Waals surface area contributed by atoms with Crippen LogP contribution < -0.4 is 65.1 Å². The van der Waals surface area contributed by atoms with E-state index in [1.807, 2.05) is 0 Å². The van der Waals surface area contributed by atoms with Gasteiger partial charge < -0.3 is 73.7 Å². The molecule has 0 spiro atoms. The standard InChI is InChI=1S/2C20H25N7O6/c2*1-33-14(28)7-6-13(19(31)32)25-17(29)10-2-4-11(5-3-10)22-8-12-9-23-16-15(24-12)18(30)27-20(21)26-16/h2*2-5,12-13,22,24H,6-9H2,1H3,(H,25,29)(H,31,32)(H4,21,23,26,27,30)/t2*12?,13-/m00/s1. The van der Waals surface area contributed by atoms with Gasteiger partial charge in [-0.1, -0.05) is 0 Å². The van der Waals surface area contributed by atoms with Gasteiger partial charge in [0.05, 0.1) is 26.3 Å². The van der Waals surface area contributed by atoms with E-state index >= 15 is 0 Å². The summed E-state index contributed by atoms with van der Waals surface area (Å²) < 4.78 is 8.99. The number of carbonyl (C=O) groups is 6. The number of hydrogen-bond acceptors (Lipinski definition) is 20. The third kappa shape index (κ3) is 13.7. The van der Waals surface area contributed by atoms with Crippen molar-refractivity contribution in [3.05, 3.63) is 80.4 Å². The van der Waals surface area contributed by atoms with Crippen LogP contribution in [0, 0.1) is 0 Å². The third-order valence-corrected chi connectivity index (χ3v) is 9.94. The van der Waals surface area contributed by atoms with Crippen LogP contribution in [0.5, 0.6) is 0 Å². The van der Waals surface area contributed by atoms with Crippen molar-refractivity contribution >= 4 is 82.0 Å². The molecule has 0 bridgehead atoms. The zero-order valence-electron chi connectivity index (χ0n) is 35.6. The van der Waals surface area contributed by atoms with Crippen molar-refractivity contribution in [2.24, 2.45) is 0 Å². The molecule has 0 aliphatic carbocycles. The number of carboxylic acid groups (broad SMARTS) is 2. The first-order chi connectivity index (χ1) is 31.5. The Morgan fingerprint density at radius 2 is 1.02 bits per heavy atom. The summed E-state index contributed by atoms with van der Waals surface area (Å²) in [5, 5.41) is 42.1. The molecule has 2 unspecified atom stereocenters. The molecular weight excluding hydrogens is 869 g/mol. The molecule has 2 aromatic carbocycles. The first-order valence-corrected chi connectivity index (χ1v) is 20.2. The molecular formula is C40H50N14O12. The predicted octanol–water partition coefficient (Wildman–Crippen LogP) is -0.387. The summed E-state index contributed by atoms with van der Waals surface area (Å²) in [4.78, 5) is 107. The lowest BCUT2D eigenvalue weighted by atomic mass is 10.1. The highest BCUT2D eigenvalue weighted by molar-refractivity contribution is 5.97. The van der Waals surface area contributed by atoms with E-state index in [1.165, 1.54) is 14.2 Å². The number of ether oxygens (including phenoxy) is 2. The summed E-state index contributed by atoms with van der Waals surface area (Å²) >= 11 is 0. The van der Waals surface area contributed by atoms with E-state index in [-0.39, 0.29) is 71.9 Å². The van der Waals surface area contributed by atoms with Crippen LogP contribution in [-0.4, -0.2) is 130 Å². The third-order valence-electron chi connectivity index (χ3n) is 9.94. The number of rotatable bonds is 18. The second-order valence-electron chi connectivity index (χ2n) is 14.7. The minimum atomic E-state index is -1.24. The van der Waals surface area contributed by atoms with Gasteiger partial charge >= 0.3 is 23.9 Å². The highest BCUT2D eigenvalue weighted by Gasteiger charge is 2.25. The van der Waals surface area contributed by atoms with Crippen molar-refractivity contribution in [1.82, 2.24) is 30.6 Å². The summed E-state index contributed by atoms with van der Waals surface area (Å²) in [5.74, 6) is -3.86. The molecule has 26 heteroatoms. The minimum Gasteiger partial charge on any atom is -0.480 e. The maximum absolute atomic E-state index is 12.4. The molecule has 4 heterocycles. The highest BCUT2D eigenvalue weighted by atomic mass is 16.5. The molecule has 2 aliphatic rings. The van der Waals surface area contributed by atoms with Crippen molar-refractivity contribution < 1.29 is 48.5 Å². The van der Waals surface area contributed by atoms with Gasteiger partial charge in [0.25, 0.3) is 22.9 Å². The Labute approximate surface area is 374 Å². The lowest BCUT2D eigenvalue weighted by Crippen LogP contribution is -2.41. The monoisotopic (exact) mass is 918 g/mol. The number of carbonyl (C=O) groups excluding carboxylic acids is 4. The molecule has 352 valence electrons. The largest absolute Gasteiger partial charge is 0.480 e. The van der Waals surface area contributed by atoms with Gasteiger partial charge in [0, 0.05) is 61.5 Å². The van der Waals surface area contributed by atoms with E-state index in [0.717, 1.165) is 11.4 Å². The van der Waals surface area contributed by atoms with Crippen LogP contribution in [0.15, 0.2) is 58.1 Å². The van der Waals surface area contributed by atoms with Gasteiger partial charge in [-0.05, 0) is 61.4 Å². The second-order valence-corrected chi connectivity index (χ2v) is 14.7. The Kier molecular flexibility index (Phi) is 16.6.